The molecule has 0 saturated heterocycles. The van der Waals surface area contributed by atoms with Crippen molar-refractivity contribution in [2.75, 3.05) is 6.54 Å². The highest BCUT2D eigenvalue weighted by molar-refractivity contribution is 5.84. The summed E-state index contributed by atoms with van der Waals surface area (Å²) in [6.45, 7) is 2.92. The highest BCUT2D eigenvalue weighted by Crippen LogP contribution is 2.31. The van der Waals surface area contributed by atoms with Crippen molar-refractivity contribution in [3.05, 3.63) is 65.0 Å². The summed E-state index contributed by atoms with van der Waals surface area (Å²) in [4.78, 5) is 19.4. The minimum absolute atomic E-state index is 0.0909. The number of carbonyl (C=O) groups is 1. The Morgan fingerprint density at radius 1 is 1.33 bits per heavy atom. The van der Waals surface area contributed by atoms with Gasteiger partial charge < -0.3 is 4.90 Å². The molecule has 0 unspecified atom stereocenters. The van der Waals surface area contributed by atoms with Gasteiger partial charge >= 0.3 is 0 Å². The van der Waals surface area contributed by atoms with Crippen LogP contribution in [0.3, 0.4) is 0 Å². The Labute approximate surface area is 143 Å². The molecule has 3 heteroatoms. The number of aryl methyl sites for hydroxylation is 2. The van der Waals surface area contributed by atoms with E-state index >= 15 is 0 Å². The van der Waals surface area contributed by atoms with E-state index in [9.17, 15) is 4.79 Å². The molecular weight excluding hydrogens is 296 g/mol. The highest BCUT2D eigenvalue weighted by atomic mass is 16.2. The summed E-state index contributed by atoms with van der Waals surface area (Å²) in [6, 6.07) is 12.2. The number of carbonyl (C=O) groups excluding carboxylic acids is 1. The molecule has 3 rings (SSSR count). The molecule has 1 amide bonds. The van der Waals surface area contributed by atoms with E-state index in [1.807, 2.05) is 6.07 Å². The third-order valence-corrected chi connectivity index (χ3v) is 4.58. The number of fused-ring (bicyclic) bond motifs is 1. The van der Waals surface area contributed by atoms with E-state index in [1.165, 1.54) is 11.1 Å². The number of benzene rings is 1. The van der Waals surface area contributed by atoms with Crippen molar-refractivity contribution in [1.82, 2.24) is 9.88 Å². The summed E-state index contributed by atoms with van der Waals surface area (Å²) in [5.41, 5.74) is 4.43. The van der Waals surface area contributed by atoms with Gasteiger partial charge in [-0.05, 0) is 43.4 Å². The first-order valence-corrected chi connectivity index (χ1v) is 8.40. The van der Waals surface area contributed by atoms with E-state index in [-0.39, 0.29) is 11.8 Å². The van der Waals surface area contributed by atoms with Gasteiger partial charge in [0, 0.05) is 12.7 Å². The van der Waals surface area contributed by atoms with Crippen LogP contribution in [0.1, 0.15) is 41.1 Å². The normalized spacial score (nSPS) is 16.1. The van der Waals surface area contributed by atoms with E-state index in [1.54, 1.807) is 11.1 Å². The van der Waals surface area contributed by atoms with Gasteiger partial charge in [-0.2, -0.15) is 0 Å². The molecule has 24 heavy (non-hydrogen) atoms. The largest absolute Gasteiger partial charge is 0.327 e. The molecule has 122 valence electrons. The highest BCUT2D eigenvalue weighted by Gasteiger charge is 2.30. The van der Waals surface area contributed by atoms with E-state index < -0.39 is 0 Å². The fraction of sp³-hybridized carbons (Fsp3) is 0.333. The van der Waals surface area contributed by atoms with Gasteiger partial charge in [0.2, 0.25) is 5.91 Å². The second-order valence-corrected chi connectivity index (χ2v) is 6.38. The second-order valence-electron chi connectivity index (χ2n) is 6.38. The van der Waals surface area contributed by atoms with E-state index in [0.717, 1.165) is 30.5 Å². The Hall–Kier alpha value is -2.60. The first-order chi connectivity index (χ1) is 11.7. The second kappa shape index (κ2) is 7.31. The number of nitrogens with zero attached hydrogens (tertiary/aromatic N) is 2. The Morgan fingerprint density at radius 2 is 2.12 bits per heavy atom. The zero-order chi connectivity index (χ0) is 16.9. The molecule has 0 saturated carbocycles. The molecule has 0 aliphatic heterocycles. The Morgan fingerprint density at radius 3 is 2.88 bits per heavy atom. The number of aromatic nitrogens is 1. The maximum absolute atomic E-state index is 13.1. The quantitative estimate of drug-likeness (QED) is 0.809. The van der Waals surface area contributed by atoms with Crippen molar-refractivity contribution in [2.24, 2.45) is 0 Å². The van der Waals surface area contributed by atoms with Crippen LogP contribution >= 0.6 is 0 Å². The molecule has 0 fully saturated rings. The minimum atomic E-state index is -0.172. The SMILES string of the molecule is C#CCN(Cc1ccc(C)cc1)C(=O)[C@@H]1CCCc2cccnc21. The van der Waals surface area contributed by atoms with Crippen LogP contribution in [0.2, 0.25) is 0 Å². The molecule has 2 aromatic rings. The lowest BCUT2D eigenvalue weighted by Crippen LogP contribution is -2.36. The smallest absolute Gasteiger partial charge is 0.232 e. The maximum atomic E-state index is 13.1. The maximum Gasteiger partial charge on any atom is 0.232 e. The average Bonchev–Trinajstić information content (AvgIpc) is 2.62. The molecule has 3 nitrogen and oxygen atoms in total. The van der Waals surface area contributed by atoms with E-state index in [0.29, 0.717) is 13.1 Å². The van der Waals surface area contributed by atoms with Gasteiger partial charge in [-0.15, -0.1) is 6.42 Å². The van der Waals surface area contributed by atoms with Crippen molar-refractivity contribution in [3.63, 3.8) is 0 Å². The first kappa shape index (κ1) is 16.3. The molecule has 0 spiro atoms. The van der Waals surface area contributed by atoms with Crippen molar-refractivity contribution in [1.29, 1.82) is 0 Å². The third kappa shape index (κ3) is 3.49. The monoisotopic (exact) mass is 318 g/mol. The molecule has 1 aliphatic rings. The van der Waals surface area contributed by atoms with Gasteiger partial charge in [-0.3, -0.25) is 9.78 Å². The summed E-state index contributed by atoms with van der Waals surface area (Å²) in [7, 11) is 0. The zero-order valence-corrected chi connectivity index (χ0v) is 14.0. The lowest BCUT2D eigenvalue weighted by Gasteiger charge is -2.29. The summed E-state index contributed by atoms with van der Waals surface area (Å²) in [5, 5.41) is 0. The number of amides is 1. The van der Waals surface area contributed by atoms with Crippen LogP contribution in [0.4, 0.5) is 0 Å². The van der Waals surface area contributed by atoms with Crippen LogP contribution in [-0.2, 0) is 17.8 Å². The average molecular weight is 318 g/mol. The van der Waals surface area contributed by atoms with E-state index in [2.05, 4.69) is 48.2 Å². The number of hydrogen-bond acceptors (Lipinski definition) is 2. The molecular formula is C21H22N2O. The fourth-order valence-corrected chi connectivity index (χ4v) is 3.31. The standard InChI is InChI=1S/C21H22N2O/c1-3-14-23(15-17-11-9-16(2)10-12-17)21(24)19-8-4-6-18-7-5-13-22-20(18)19/h1,5,7,9-13,19H,4,6,8,14-15H2,2H3/t19-/m1/s1. The first-order valence-electron chi connectivity index (χ1n) is 8.40. The molecule has 1 heterocycles. The molecule has 0 N–H and O–H groups in total. The van der Waals surface area contributed by atoms with Crippen LogP contribution in [-0.4, -0.2) is 22.3 Å². The lowest BCUT2D eigenvalue weighted by atomic mass is 9.85. The molecule has 0 bridgehead atoms. The molecule has 1 aromatic heterocycles. The van der Waals surface area contributed by atoms with Crippen LogP contribution in [0, 0.1) is 19.3 Å². The predicted molar refractivity (Wildman–Crippen MR) is 95.3 cm³/mol. The third-order valence-electron chi connectivity index (χ3n) is 4.58. The number of terminal acetylenes is 1. The lowest BCUT2D eigenvalue weighted by molar-refractivity contribution is -0.133. The van der Waals surface area contributed by atoms with Crippen LogP contribution in [0.25, 0.3) is 0 Å². The topological polar surface area (TPSA) is 33.2 Å². The van der Waals surface area contributed by atoms with E-state index in [4.69, 9.17) is 6.42 Å². The number of rotatable bonds is 4. The molecule has 1 atom stereocenters. The van der Waals surface area contributed by atoms with Gasteiger partial charge in [-0.25, -0.2) is 0 Å². The van der Waals surface area contributed by atoms with Gasteiger partial charge in [-0.1, -0.05) is 41.8 Å². The van der Waals surface area contributed by atoms with Crippen molar-refractivity contribution >= 4 is 5.91 Å². The molecule has 1 aliphatic carbocycles. The number of hydrogen-bond donors (Lipinski definition) is 0. The fourth-order valence-electron chi connectivity index (χ4n) is 3.31. The Bertz CT molecular complexity index is 758. The van der Waals surface area contributed by atoms with Crippen LogP contribution < -0.4 is 0 Å². The van der Waals surface area contributed by atoms with Gasteiger partial charge in [0.05, 0.1) is 18.2 Å². The van der Waals surface area contributed by atoms with Crippen molar-refractivity contribution < 1.29 is 4.79 Å². The Kier molecular flexibility index (Phi) is 4.96. The summed E-state index contributed by atoms with van der Waals surface area (Å²) >= 11 is 0. The van der Waals surface area contributed by atoms with Crippen molar-refractivity contribution in [2.45, 2.75) is 38.6 Å². The van der Waals surface area contributed by atoms with Crippen LogP contribution in [0.15, 0.2) is 42.6 Å². The molecule has 1 aromatic carbocycles. The summed E-state index contributed by atoms with van der Waals surface area (Å²) in [5.74, 6) is 2.55. The zero-order valence-electron chi connectivity index (χ0n) is 14.0. The van der Waals surface area contributed by atoms with Gasteiger partial charge in [0.25, 0.3) is 0 Å². The number of pyridine rings is 1. The van der Waals surface area contributed by atoms with Gasteiger partial charge in [0.1, 0.15) is 0 Å². The minimum Gasteiger partial charge on any atom is -0.327 e. The predicted octanol–water partition coefficient (Wildman–Crippen LogP) is 3.47. The van der Waals surface area contributed by atoms with Crippen molar-refractivity contribution in [3.8, 4) is 12.3 Å². The summed E-state index contributed by atoms with van der Waals surface area (Å²) in [6.07, 6.45) is 10.1. The van der Waals surface area contributed by atoms with Gasteiger partial charge in [0.15, 0.2) is 0 Å². The van der Waals surface area contributed by atoms with Crippen LogP contribution in [0.5, 0.6) is 0 Å². The summed E-state index contributed by atoms with van der Waals surface area (Å²) < 4.78 is 0. The molecule has 0 radical (unpaired) electrons. The Balaban J connectivity index is 1.82.